The molecule has 2 fully saturated rings. The summed E-state index contributed by atoms with van der Waals surface area (Å²) in [5, 5.41) is 0. The molecule has 3 rings (SSSR count). The van der Waals surface area contributed by atoms with Gasteiger partial charge in [-0.2, -0.15) is 11.8 Å². The Kier molecular flexibility index (Phi) is 4.94. The van der Waals surface area contributed by atoms with Crippen molar-refractivity contribution in [1.29, 1.82) is 0 Å². The third-order valence-electron chi connectivity index (χ3n) is 4.71. The SMILES string of the molecule is NC(c1cc(F)cc(Br)c1)C1CCOC2(CCSCC2)C1. The molecule has 5 heteroatoms. The van der Waals surface area contributed by atoms with E-state index in [1.54, 1.807) is 6.07 Å². The van der Waals surface area contributed by atoms with Crippen LogP contribution < -0.4 is 5.73 Å². The largest absolute Gasteiger partial charge is 0.375 e. The van der Waals surface area contributed by atoms with Crippen LogP contribution in [0.15, 0.2) is 22.7 Å². The quantitative estimate of drug-likeness (QED) is 0.839. The first-order chi connectivity index (χ1) is 10.1. The van der Waals surface area contributed by atoms with E-state index in [2.05, 4.69) is 15.9 Å². The highest BCUT2D eigenvalue weighted by Gasteiger charge is 2.40. The fourth-order valence-electron chi connectivity index (χ4n) is 3.50. The number of thioether (sulfide) groups is 1. The second kappa shape index (κ2) is 6.57. The third kappa shape index (κ3) is 3.63. The van der Waals surface area contributed by atoms with Gasteiger partial charge in [0.25, 0.3) is 0 Å². The van der Waals surface area contributed by atoms with Gasteiger partial charge < -0.3 is 10.5 Å². The van der Waals surface area contributed by atoms with Gasteiger partial charge in [0, 0.05) is 17.1 Å². The van der Waals surface area contributed by atoms with Gasteiger partial charge in [-0.25, -0.2) is 4.39 Å². The topological polar surface area (TPSA) is 35.2 Å². The van der Waals surface area contributed by atoms with Gasteiger partial charge in [0.1, 0.15) is 5.82 Å². The molecule has 1 spiro atoms. The summed E-state index contributed by atoms with van der Waals surface area (Å²) in [5.41, 5.74) is 7.36. The minimum Gasteiger partial charge on any atom is -0.375 e. The van der Waals surface area contributed by atoms with Crippen LogP contribution >= 0.6 is 27.7 Å². The number of hydrogen-bond donors (Lipinski definition) is 1. The van der Waals surface area contributed by atoms with Gasteiger partial charge in [-0.1, -0.05) is 15.9 Å². The van der Waals surface area contributed by atoms with Crippen molar-refractivity contribution in [3.05, 3.63) is 34.1 Å². The molecule has 0 bridgehead atoms. The van der Waals surface area contributed by atoms with E-state index in [0.29, 0.717) is 5.92 Å². The first-order valence-corrected chi connectivity index (χ1v) is 9.46. The van der Waals surface area contributed by atoms with E-state index in [1.165, 1.54) is 17.6 Å². The zero-order chi connectivity index (χ0) is 14.9. The minimum atomic E-state index is -0.231. The van der Waals surface area contributed by atoms with Crippen LogP contribution in [0, 0.1) is 11.7 Å². The molecule has 21 heavy (non-hydrogen) atoms. The number of nitrogens with two attached hydrogens (primary N) is 1. The smallest absolute Gasteiger partial charge is 0.124 e. The Balaban J connectivity index is 1.76. The average molecular weight is 374 g/mol. The lowest BCUT2D eigenvalue weighted by molar-refractivity contribution is -0.105. The van der Waals surface area contributed by atoms with Crippen LogP contribution in [0.2, 0.25) is 0 Å². The molecule has 1 aromatic rings. The average Bonchev–Trinajstić information content (AvgIpc) is 2.46. The maximum atomic E-state index is 13.6. The van der Waals surface area contributed by atoms with Crippen molar-refractivity contribution in [1.82, 2.24) is 0 Å². The van der Waals surface area contributed by atoms with Gasteiger partial charge in [-0.05, 0) is 66.9 Å². The Morgan fingerprint density at radius 3 is 2.81 bits per heavy atom. The Morgan fingerprint density at radius 1 is 1.33 bits per heavy atom. The van der Waals surface area contributed by atoms with E-state index in [1.807, 2.05) is 17.8 Å². The molecule has 0 saturated carbocycles. The maximum absolute atomic E-state index is 13.6. The van der Waals surface area contributed by atoms with E-state index < -0.39 is 0 Å². The monoisotopic (exact) mass is 373 g/mol. The third-order valence-corrected chi connectivity index (χ3v) is 6.16. The number of halogens is 2. The summed E-state index contributed by atoms with van der Waals surface area (Å²) < 4.78 is 20.5. The normalized spacial score (nSPS) is 26.7. The fourth-order valence-corrected chi connectivity index (χ4v) is 5.22. The van der Waals surface area contributed by atoms with Gasteiger partial charge in [-0.3, -0.25) is 0 Å². The van der Waals surface area contributed by atoms with Gasteiger partial charge in [0.05, 0.1) is 5.60 Å². The van der Waals surface area contributed by atoms with Crippen molar-refractivity contribution in [2.45, 2.75) is 37.3 Å². The van der Waals surface area contributed by atoms with E-state index in [9.17, 15) is 4.39 Å². The summed E-state index contributed by atoms with van der Waals surface area (Å²) in [5.74, 6) is 2.49. The lowest BCUT2D eigenvalue weighted by Crippen LogP contribution is -2.45. The van der Waals surface area contributed by atoms with E-state index >= 15 is 0 Å². The highest BCUT2D eigenvalue weighted by molar-refractivity contribution is 9.10. The van der Waals surface area contributed by atoms with Crippen molar-refractivity contribution >= 4 is 27.7 Å². The molecule has 2 aliphatic heterocycles. The highest BCUT2D eigenvalue weighted by Crippen LogP contribution is 2.43. The first-order valence-electron chi connectivity index (χ1n) is 7.51. The van der Waals surface area contributed by atoms with Crippen LogP contribution in [0.1, 0.15) is 37.3 Å². The molecule has 2 unspecified atom stereocenters. The van der Waals surface area contributed by atoms with E-state index in [-0.39, 0.29) is 17.5 Å². The van der Waals surface area contributed by atoms with Crippen LogP contribution in [0.25, 0.3) is 0 Å². The number of ether oxygens (including phenoxy) is 1. The zero-order valence-corrected chi connectivity index (χ0v) is 14.4. The molecule has 2 saturated heterocycles. The van der Waals surface area contributed by atoms with Crippen LogP contribution in [-0.4, -0.2) is 23.7 Å². The summed E-state index contributed by atoms with van der Waals surface area (Å²) in [4.78, 5) is 0. The second-order valence-corrected chi connectivity index (χ2v) is 8.27. The van der Waals surface area contributed by atoms with Crippen molar-refractivity contribution in [2.24, 2.45) is 11.7 Å². The Labute approximate surface area is 138 Å². The lowest BCUT2D eigenvalue weighted by Gasteiger charge is -2.44. The van der Waals surface area contributed by atoms with Gasteiger partial charge in [-0.15, -0.1) is 0 Å². The molecule has 0 aliphatic carbocycles. The number of rotatable bonds is 2. The predicted octanol–water partition coefficient (Wildman–Crippen LogP) is 4.28. The van der Waals surface area contributed by atoms with Gasteiger partial charge >= 0.3 is 0 Å². The standard InChI is InChI=1S/C16H21BrFNOS/c17-13-7-12(8-14(18)9-13)15(19)11-1-4-20-16(10-11)2-5-21-6-3-16/h7-9,11,15H,1-6,10,19H2. The Hall–Kier alpha value is -0.100. The summed E-state index contributed by atoms with van der Waals surface area (Å²) in [6.45, 7) is 0.777. The van der Waals surface area contributed by atoms with Crippen molar-refractivity contribution in [3.63, 3.8) is 0 Å². The van der Waals surface area contributed by atoms with Crippen LogP contribution in [0.5, 0.6) is 0 Å². The molecule has 0 aromatic heterocycles. The van der Waals surface area contributed by atoms with Crippen molar-refractivity contribution in [2.75, 3.05) is 18.1 Å². The summed E-state index contributed by atoms with van der Waals surface area (Å²) >= 11 is 5.36. The molecule has 0 amide bonds. The van der Waals surface area contributed by atoms with Crippen molar-refractivity contribution < 1.29 is 9.13 Å². The van der Waals surface area contributed by atoms with E-state index in [4.69, 9.17) is 10.5 Å². The van der Waals surface area contributed by atoms with Crippen LogP contribution in [0.4, 0.5) is 4.39 Å². The van der Waals surface area contributed by atoms with Crippen molar-refractivity contribution in [3.8, 4) is 0 Å². The lowest BCUT2D eigenvalue weighted by atomic mass is 9.77. The fraction of sp³-hybridized carbons (Fsp3) is 0.625. The van der Waals surface area contributed by atoms with Gasteiger partial charge in [0.2, 0.25) is 0 Å². The molecule has 2 nitrogen and oxygen atoms in total. The van der Waals surface area contributed by atoms with E-state index in [0.717, 1.165) is 42.3 Å². The Morgan fingerprint density at radius 2 is 2.10 bits per heavy atom. The van der Waals surface area contributed by atoms with Crippen LogP contribution in [-0.2, 0) is 4.74 Å². The highest BCUT2D eigenvalue weighted by atomic mass is 79.9. The molecule has 116 valence electrons. The Bertz CT molecular complexity index is 481. The summed E-state index contributed by atoms with van der Waals surface area (Å²) in [7, 11) is 0. The molecule has 0 radical (unpaired) electrons. The molecule has 2 N–H and O–H groups in total. The zero-order valence-electron chi connectivity index (χ0n) is 12.0. The maximum Gasteiger partial charge on any atom is 0.124 e. The number of hydrogen-bond acceptors (Lipinski definition) is 3. The number of benzene rings is 1. The molecule has 2 atom stereocenters. The van der Waals surface area contributed by atoms with Gasteiger partial charge in [0.15, 0.2) is 0 Å². The summed E-state index contributed by atoms with van der Waals surface area (Å²) in [6, 6.07) is 4.85. The molecular weight excluding hydrogens is 353 g/mol. The molecule has 2 heterocycles. The molecule has 1 aromatic carbocycles. The first kappa shape index (κ1) is 15.8. The van der Waals surface area contributed by atoms with Crippen LogP contribution in [0.3, 0.4) is 0 Å². The predicted molar refractivity (Wildman–Crippen MR) is 89.0 cm³/mol. The molecule has 2 aliphatic rings. The second-order valence-electron chi connectivity index (χ2n) is 6.13. The molecular formula is C16H21BrFNOS. The minimum absolute atomic E-state index is 0.0242. The summed E-state index contributed by atoms with van der Waals surface area (Å²) in [6.07, 6.45) is 4.20.